The van der Waals surface area contributed by atoms with Gasteiger partial charge >= 0.3 is 0 Å². The minimum absolute atomic E-state index is 0.0347. The van der Waals surface area contributed by atoms with E-state index >= 15 is 0 Å². The molecule has 2 amide bonds. The lowest BCUT2D eigenvalue weighted by molar-refractivity contribution is -0.124. The monoisotopic (exact) mass is 320 g/mol. The highest BCUT2D eigenvalue weighted by Crippen LogP contribution is 2.23. The molecule has 0 saturated carbocycles. The van der Waals surface area contributed by atoms with E-state index in [2.05, 4.69) is 10.3 Å². The topological polar surface area (TPSA) is 67.2 Å². The summed E-state index contributed by atoms with van der Waals surface area (Å²) in [5.41, 5.74) is 0.730. The molecule has 8 heteroatoms. The van der Waals surface area contributed by atoms with Gasteiger partial charge in [0.25, 0.3) is 5.91 Å². The van der Waals surface area contributed by atoms with E-state index < -0.39 is 23.6 Å². The largest absolute Gasteiger partial charge is 0.357 e. The number of nitrogens with zero attached hydrogens (tertiary/aromatic N) is 3. The van der Waals surface area contributed by atoms with E-state index in [1.165, 1.54) is 24.3 Å². The van der Waals surface area contributed by atoms with E-state index in [-0.39, 0.29) is 24.6 Å². The maximum absolute atomic E-state index is 13.3. The molecule has 2 heterocycles. The summed E-state index contributed by atoms with van der Waals surface area (Å²) in [6.07, 6.45) is 3.11. The Morgan fingerprint density at radius 3 is 2.78 bits per heavy atom. The maximum atomic E-state index is 13.3. The first-order valence-corrected chi connectivity index (χ1v) is 6.98. The van der Waals surface area contributed by atoms with Crippen molar-refractivity contribution >= 4 is 11.8 Å². The summed E-state index contributed by atoms with van der Waals surface area (Å²) in [5.74, 6) is -2.82. The Morgan fingerprint density at radius 2 is 2.09 bits per heavy atom. The van der Waals surface area contributed by atoms with Gasteiger partial charge in [-0.25, -0.2) is 13.8 Å². The second-order valence-corrected chi connectivity index (χ2v) is 5.24. The summed E-state index contributed by atoms with van der Waals surface area (Å²) in [7, 11) is 1.51. The first-order valence-electron chi connectivity index (χ1n) is 6.98. The van der Waals surface area contributed by atoms with Crippen molar-refractivity contribution < 1.29 is 18.4 Å². The van der Waals surface area contributed by atoms with E-state index in [0.29, 0.717) is 5.69 Å². The van der Waals surface area contributed by atoms with Gasteiger partial charge in [-0.05, 0) is 18.2 Å². The predicted molar refractivity (Wildman–Crippen MR) is 76.4 cm³/mol. The zero-order valence-electron chi connectivity index (χ0n) is 12.3. The second kappa shape index (κ2) is 5.79. The van der Waals surface area contributed by atoms with E-state index in [1.807, 2.05) is 0 Å². The number of benzene rings is 1. The van der Waals surface area contributed by atoms with Crippen LogP contribution in [0.5, 0.6) is 0 Å². The minimum Gasteiger partial charge on any atom is -0.357 e. The fourth-order valence-electron chi connectivity index (χ4n) is 2.63. The molecule has 1 unspecified atom stereocenters. The summed E-state index contributed by atoms with van der Waals surface area (Å²) in [6.45, 7) is 0.367. The van der Waals surface area contributed by atoms with Crippen molar-refractivity contribution in [2.45, 2.75) is 12.6 Å². The molecule has 0 spiro atoms. The highest BCUT2D eigenvalue weighted by atomic mass is 19.2. The highest BCUT2D eigenvalue weighted by molar-refractivity contribution is 5.94. The third-order valence-electron chi connectivity index (χ3n) is 3.83. The number of fused-ring (bicyclic) bond motifs is 1. The second-order valence-electron chi connectivity index (χ2n) is 5.24. The number of likely N-dealkylation sites (N-methyl/N-ethyl adjacent to an activating group) is 1. The third-order valence-corrected chi connectivity index (χ3v) is 3.83. The number of aromatic nitrogens is 2. The number of rotatable bonds is 2. The molecular formula is C15H14F2N4O2. The summed E-state index contributed by atoms with van der Waals surface area (Å²) >= 11 is 0. The number of nitrogens with one attached hydrogen (secondary N) is 1. The van der Waals surface area contributed by atoms with Crippen molar-refractivity contribution in [1.29, 1.82) is 0 Å². The standard InChI is InChI=1S/C15H14F2N4O2/c1-18-14(22)13-7-20(6-10-5-19-8-21(10)13)15(23)9-2-3-11(16)12(17)4-9/h2-5,8,13H,6-7H2,1H3,(H,18,22). The molecule has 0 aliphatic carbocycles. The Hall–Kier alpha value is -2.77. The molecule has 6 nitrogen and oxygen atoms in total. The van der Waals surface area contributed by atoms with E-state index in [9.17, 15) is 18.4 Å². The van der Waals surface area contributed by atoms with Crippen molar-refractivity contribution in [2.75, 3.05) is 13.6 Å². The van der Waals surface area contributed by atoms with Crippen molar-refractivity contribution in [1.82, 2.24) is 19.8 Å². The van der Waals surface area contributed by atoms with Crippen LogP contribution < -0.4 is 5.32 Å². The molecule has 120 valence electrons. The molecule has 0 fully saturated rings. The van der Waals surface area contributed by atoms with Crippen LogP contribution in [0.3, 0.4) is 0 Å². The molecule has 1 aliphatic rings. The highest BCUT2D eigenvalue weighted by Gasteiger charge is 2.32. The van der Waals surface area contributed by atoms with Crippen LogP contribution >= 0.6 is 0 Å². The smallest absolute Gasteiger partial charge is 0.254 e. The van der Waals surface area contributed by atoms with Crippen LogP contribution in [0.1, 0.15) is 22.1 Å². The number of hydrogen-bond donors (Lipinski definition) is 1. The summed E-state index contributed by atoms with van der Waals surface area (Å²) < 4.78 is 28.0. The lowest BCUT2D eigenvalue weighted by Gasteiger charge is -2.33. The van der Waals surface area contributed by atoms with Gasteiger partial charge in [0, 0.05) is 18.8 Å². The van der Waals surface area contributed by atoms with E-state index in [0.717, 1.165) is 12.1 Å². The maximum Gasteiger partial charge on any atom is 0.254 e. The van der Waals surface area contributed by atoms with Gasteiger partial charge in [0.15, 0.2) is 11.6 Å². The Labute approximate surface area is 130 Å². The van der Waals surface area contributed by atoms with Crippen LogP contribution in [-0.4, -0.2) is 39.9 Å². The quantitative estimate of drug-likeness (QED) is 0.901. The van der Waals surface area contributed by atoms with Gasteiger partial charge < -0.3 is 14.8 Å². The van der Waals surface area contributed by atoms with Gasteiger partial charge in [0.1, 0.15) is 6.04 Å². The number of hydrogen-bond acceptors (Lipinski definition) is 3. The first kappa shape index (κ1) is 15.1. The van der Waals surface area contributed by atoms with E-state index in [4.69, 9.17) is 0 Å². The van der Waals surface area contributed by atoms with Crippen LogP contribution in [0.15, 0.2) is 30.7 Å². The summed E-state index contributed by atoms with van der Waals surface area (Å²) in [4.78, 5) is 30.0. The molecule has 1 aromatic carbocycles. The molecule has 2 aromatic rings. The van der Waals surface area contributed by atoms with Gasteiger partial charge in [-0.3, -0.25) is 9.59 Å². The zero-order chi connectivity index (χ0) is 16.6. The summed E-state index contributed by atoms with van der Waals surface area (Å²) in [5, 5.41) is 2.55. The fourth-order valence-corrected chi connectivity index (χ4v) is 2.63. The number of halogens is 2. The average Bonchev–Trinajstić information content (AvgIpc) is 3.03. The normalized spacial score (nSPS) is 16.8. The fraction of sp³-hybridized carbons (Fsp3) is 0.267. The van der Waals surface area contributed by atoms with Crippen molar-refractivity contribution in [2.24, 2.45) is 0 Å². The van der Waals surface area contributed by atoms with Crippen molar-refractivity contribution in [3.8, 4) is 0 Å². The molecule has 1 aliphatic heterocycles. The van der Waals surface area contributed by atoms with Crippen LogP contribution in [0, 0.1) is 11.6 Å². The SMILES string of the molecule is CNC(=O)C1CN(C(=O)c2ccc(F)c(F)c2)Cc2cncn21. The van der Waals surface area contributed by atoms with Gasteiger partial charge in [0.05, 0.1) is 25.1 Å². The molecule has 1 aromatic heterocycles. The van der Waals surface area contributed by atoms with Gasteiger partial charge in [-0.1, -0.05) is 0 Å². The minimum atomic E-state index is -1.08. The summed E-state index contributed by atoms with van der Waals surface area (Å²) in [6, 6.07) is 2.38. The average molecular weight is 320 g/mol. The van der Waals surface area contributed by atoms with Crippen molar-refractivity contribution in [3.63, 3.8) is 0 Å². The Kier molecular flexibility index (Phi) is 3.81. The third kappa shape index (κ3) is 2.67. The van der Waals surface area contributed by atoms with Crippen molar-refractivity contribution in [3.05, 3.63) is 53.6 Å². The van der Waals surface area contributed by atoms with Gasteiger partial charge in [0.2, 0.25) is 5.91 Å². The van der Waals surface area contributed by atoms with Gasteiger partial charge in [-0.15, -0.1) is 0 Å². The molecule has 23 heavy (non-hydrogen) atoms. The Balaban J connectivity index is 1.90. The van der Waals surface area contributed by atoms with Crippen LogP contribution in [0.25, 0.3) is 0 Å². The number of carbonyl (C=O) groups is 2. The lowest BCUT2D eigenvalue weighted by atomic mass is 10.1. The number of imidazole rings is 1. The van der Waals surface area contributed by atoms with Crippen LogP contribution in [0.4, 0.5) is 8.78 Å². The Bertz CT molecular complexity index is 775. The molecule has 0 saturated heterocycles. The molecule has 0 radical (unpaired) electrons. The van der Waals surface area contributed by atoms with E-state index in [1.54, 1.807) is 10.8 Å². The van der Waals surface area contributed by atoms with Gasteiger partial charge in [-0.2, -0.15) is 0 Å². The first-order chi connectivity index (χ1) is 11.0. The predicted octanol–water partition coefficient (Wildman–Crippen LogP) is 1.10. The molecule has 1 atom stereocenters. The molecule has 1 N–H and O–H groups in total. The molecular weight excluding hydrogens is 306 g/mol. The molecule has 0 bridgehead atoms. The van der Waals surface area contributed by atoms with Crippen LogP contribution in [0.2, 0.25) is 0 Å². The zero-order valence-corrected chi connectivity index (χ0v) is 12.3. The number of carbonyl (C=O) groups excluding carboxylic acids is 2. The Morgan fingerprint density at radius 1 is 1.30 bits per heavy atom. The molecule has 3 rings (SSSR count). The number of amides is 2. The van der Waals surface area contributed by atoms with Crippen LogP contribution in [-0.2, 0) is 11.3 Å². The lowest BCUT2D eigenvalue weighted by Crippen LogP contribution is -2.45.